The minimum atomic E-state index is 0. The first-order valence-electron chi connectivity index (χ1n) is 6.58. The summed E-state index contributed by atoms with van der Waals surface area (Å²) in [5.74, 6) is 0. The van der Waals surface area contributed by atoms with Crippen LogP contribution in [0, 0.1) is 0 Å². The van der Waals surface area contributed by atoms with E-state index in [1.807, 2.05) is 12.3 Å². The third kappa shape index (κ3) is 3.06. The molecule has 3 rings (SSSR count). The molecule has 0 spiro atoms. The molecule has 1 N–H and O–H groups in total. The molecular formula is C15H20ClN3. The second kappa shape index (κ2) is 6.33. The molecular weight excluding hydrogens is 258 g/mol. The van der Waals surface area contributed by atoms with Crippen molar-refractivity contribution in [1.29, 1.82) is 0 Å². The molecule has 19 heavy (non-hydrogen) atoms. The monoisotopic (exact) mass is 277 g/mol. The summed E-state index contributed by atoms with van der Waals surface area (Å²) in [5.41, 5.74) is 2.46. The molecule has 0 aliphatic carbocycles. The Morgan fingerprint density at radius 1 is 1.32 bits per heavy atom. The van der Waals surface area contributed by atoms with Crippen molar-refractivity contribution in [2.45, 2.75) is 19.0 Å². The van der Waals surface area contributed by atoms with Crippen LogP contribution in [0.1, 0.15) is 12.0 Å². The summed E-state index contributed by atoms with van der Waals surface area (Å²) in [6.07, 6.45) is 3.12. The van der Waals surface area contributed by atoms with E-state index in [0.29, 0.717) is 6.04 Å². The van der Waals surface area contributed by atoms with Crippen LogP contribution in [0.15, 0.2) is 36.5 Å². The van der Waals surface area contributed by atoms with Gasteiger partial charge in [-0.3, -0.25) is 9.88 Å². The molecule has 2 aromatic rings. The van der Waals surface area contributed by atoms with Gasteiger partial charge in [-0.2, -0.15) is 0 Å². The molecule has 1 atom stereocenters. The molecule has 1 aromatic heterocycles. The fourth-order valence-corrected chi connectivity index (χ4v) is 2.71. The maximum absolute atomic E-state index is 4.52. The summed E-state index contributed by atoms with van der Waals surface area (Å²) in [7, 11) is 2.21. The predicted octanol–water partition coefficient (Wildman–Crippen LogP) is 2.45. The van der Waals surface area contributed by atoms with Crippen LogP contribution >= 0.6 is 12.4 Å². The highest BCUT2D eigenvalue weighted by Gasteiger charge is 2.19. The molecule has 102 valence electrons. The molecule has 1 aromatic carbocycles. The van der Waals surface area contributed by atoms with Crippen LogP contribution < -0.4 is 5.32 Å². The van der Waals surface area contributed by atoms with E-state index in [1.165, 1.54) is 17.4 Å². The SMILES string of the molecule is CN(Cc1cccc2cccnc12)C1CCNC1.Cl. The van der Waals surface area contributed by atoms with Crippen molar-refractivity contribution in [1.82, 2.24) is 15.2 Å². The summed E-state index contributed by atoms with van der Waals surface area (Å²) >= 11 is 0. The van der Waals surface area contributed by atoms with Gasteiger partial charge in [0.05, 0.1) is 5.52 Å². The standard InChI is InChI=1S/C15H19N3.ClH/c1-18(14-7-9-16-10-14)11-13-5-2-4-12-6-3-8-17-15(12)13;/h2-6,8,14,16H,7,9-11H2,1H3;1H. The van der Waals surface area contributed by atoms with Crippen molar-refractivity contribution in [3.05, 3.63) is 42.1 Å². The highest BCUT2D eigenvalue weighted by molar-refractivity contribution is 5.85. The normalized spacial score (nSPS) is 18.7. The Bertz CT molecular complexity index is 532. The number of hydrogen-bond acceptors (Lipinski definition) is 3. The number of hydrogen-bond donors (Lipinski definition) is 1. The van der Waals surface area contributed by atoms with Gasteiger partial charge in [0.1, 0.15) is 0 Å². The van der Waals surface area contributed by atoms with Gasteiger partial charge in [-0.05, 0) is 31.6 Å². The number of nitrogens with one attached hydrogen (secondary N) is 1. The molecule has 4 heteroatoms. The number of halogens is 1. The zero-order chi connectivity index (χ0) is 12.4. The molecule has 2 heterocycles. The molecule has 3 nitrogen and oxygen atoms in total. The Morgan fingerprint density at radius 3 is 2.95 bits per heavy atom. The lowest BCUT2D eigenvalue weighted by Gasteiger charge is -2.23. The smallest absolute Gasteiger partial charge is 0.0746 e. The van der Waals surface area contributed by atoms with E-state index < -0.39 is 0 Å². The molecule has 1 fully saturated rings. The van der Waals surface area contributed by atoms with Crippen LogP contribution in [0.4, 0.5) is 0 Å². The quantitative estimate of drug-likeness (QED) is 0.934. The number of likely N-dealkylation sites (N-methyl/N-ethyl adjacent to an activating group) is 1. The topological polar surface area (TPSA) is 28.2 Å². The van der Waals surface area contributed by atoms with Crippen molar-refractivity contribution in [2.75, 3.05) is 20.1 Å². The summed E-state index contributed by atoms with van der Waals surface area (Å²) in [4.78, 5) is 6.95. The summed E-state index contributed by atoms with van der Waals surface area (Å²) in [6.45, 7) is 3.22. The Balaban J connectivity index is 0.00000133. The third-order valence-electron chi connectivity index (χ3n) is 3.79. The third-order valence-corrected chi connectivity index (χ3v) is 3.79. The first kappa shape index (κ1) is 14.3. The van der Waals surface area contributed by atoms with Gasteiger partial charge in [0.15, 0.2) is 0 Å². The van der Waals surface area contributed by atoms with Gasteiger partial charge in [-0.15, -0.1) is 12.4 Å². The van der Waals surface area contributed by atoms with E-state index >= 15 is 0 Å². The number of rotatable bonds is 3. The minimum absolute atomic E-state index is 0. The van der Waals surface area contributed by atoms with E-state index in [2.05, 4.69) is 46.5 Å². The molecule has 0 saturated carbocycles. The molecule has 1 unspecified atom stereocenters. The molecule has 0 radical (unpaired) electrons. The first-order chi connectivity index (χ1) is 8.84. The number of fused-ring (bicyclic) bond motifs is 1. The van der Waals surface area contributed by atoms with Crippen LogP contribution in [0.5, 0.6) is 0 Å². The van der Waals surface area contributed by atoms with Crippen molar-refractivity contribution in [3.63, 3.8) is 0 Å². The Kier molecular flexibility index (Phi) is 4.75. The number of aromatic nitrogens is 1. The maximum atomic E-state index is 4.52. The Hall–Kier alpha value is -1.16. The van der Waals surface area contributed by atoms with Gasteiger partial charge in [0.2, 0.25) is 0 Å². The number of benzene rings is 1. The van der Waals surface area contributed by atoms with Gasteiger partial charge in [-0.1, -0.05) is 24.3 Å². The van der Waals surface area contributed by atoms with E-state index in [0.717, 1.165) is 25.2 Å². The zero-order valence-corrected chi connectivity index (χ0v) is 12.0. The van der Waals surface area contributed by atoms with Crippen LogP contribution in [-0.4, -0.2) is 36.1 Å². The van der Waals surface area contributed by atoms with E-state index in [1.54, 1.807) is 0 Å². The van der Waals surface area contributed by atoms with Crippen molar-refractivity contribution in [3.8, 4) is 0 Å². The van der Waals surface area contributed by atoms with Gasteiger partial charge >= 0.3 is 0 Å². The van der Waals surface area contributed by atoms with Crippen molar-refractivity contribution >= 4 is 23.3 Å². The lowest BCUT2D eigenvalue weighted by Crippen LogP contribution is -2.32. The maximum Gasteiger partial charge on any atom is 0.0746 e. The highest BCUT2D eigenvalue weighted by Crippen LogP contribution is 2.19. The lowest BCUT2D eigenvalue weighted by molar-refractivity contribution is 0.249. The van der Waals surface area contributed by atoms with Gasteiger partial charge < -0.3 is 5.32 Å². The fourth-order valence-electron chi connectivity index (χ4n) is 2.71. The molecule has 0 bridgehead atoms. The Labute approximate surface area is 120 Å². The zero-order valence-electron chi connectivity index (χ0n) is 11.2. The van der Waals surface area contributed by atoms with Gasteiger partial charge in [0.25, 0.3) is 0 Å². The van der Waals surface area contributed by atoms with Crippen molar-refractivity contribution < 1.29 is 0 Å². The fraction of sp³-hybridized carbons (Fsp3) is 0.400. The van der Waals surface area contributed by atoms with Gasteiger partial charge in [0, 0.05) is 30.7 Å². The molecule has 1 aliphatic heterocycles. The van der Waals surface area contributed by atoms with Crippen LogP contribution in [-0.2, 0) is 6.54 Å². The first-order valence-corrected chi connectivity index (χ1v) is 6.58. The van der Waals surface area contributed by atoms with E-state index in [-0.39, 0.29) is 12.4 Å². The average Bonchev–Trinajstić information content (AvgIpc) is 2.93. The second-order valence-corrected chi connectivity index (χ2v) is 5.05. The van der Waals surface area contributed by atoms with Crippen LogP contribution in [0.25, 0.3) is 10.9 Å². The highest BCUT2D eigenvalue weighted by atomic mass is 35.5. The Morgan fingerprint density at radius 2 is 2.16 bits per heavy atom. The number of para-hydroxylation sites is 1. The number of pyridine rings is 1. The molecule has 1 aliphatic rings. The van der Waals surface area contributed by atoms with Crippen LogP contribution in [0.2, 0.25) is 0 Å². The molecule has 0 amide bonds. The van der Waals surface area contributed by atoms with Crippen molar-refractivity contribution in [2.24, 2.45) is 0 Å². The second-order valence-electron chi connectivity index (χ2n) is 5.05. The summed E-state index contributed by atoms with van der Waals surface area (Å²) in [5, 5.41) is 4.65. The van der Waals surface area contributed by atoms with Crippen LogP contribution in [0.3, 0.4) is 0 Å². The predicted molar refractivity (Wildman–Crippen MR) is 81.7 cm³/mol. The minimum Gasteiger partial charge on any atom is -0.315 e. The van der Waals surface area contributed by atoms with Gasteiger partial charge in [-0.25, -0.2) is 0 Å². The summed E-state index contributed by atoms with van der Waals surface area (Å²) < 4.78 is 0. The molecule has 1 saturated heterocycles. The average molecular weight is 278 g/mol. The largest absolute Gasteiger partial charge is 0.315 e. The van der Waals surface area contributed by atoms with E-state index in [4.69, 9.17) is 0 Å². The van der Waals surface area contributed by atoms with E-state index in [9.17, 15) is 0 Å². The lowest BCUT2D eigenvalue weighted by atomic mass is 10.1. The summed E-state index contributed by atoms with van der Waals surface area (Å²) in [6, 6.07) is 11.2. The number of nitrogens with zero attached hydrogens (tertiary/aromatic N) is 2.